The molecule has 3 aromatic rings. The number of sulfonamides is 1. The third-order valence-corrected chi connectivity index (χ3v) is 6.61. The number of anilines is 2. The van der Waals surface area contributed by atoms with Gasteiger partial charge in [0.1, 0.15) is 0 Å². The molecule has 0 aliphatic carbocycles. The predicted octanol–water partition coefficient (Wildman–Crippen LogP) is 4.33. The first kappa shape index (κ1) is 20.1. The molecule has 2 aromatic carbocycles. The van der Waals surface area contributed by atoms with Crippen molar-refractivity contribution in [3.8, 4) is 0 Å². The Labute approximate surface area is 168 Å². The molecule has 148 valence electrons. The van der Waals surface area contributed by atoms with Crippen molar-refractivity contribution in [1.82, 2.24) is 10.3 Å². The van der Waals surface area contributed by atoms with E-state index in [1.54, 1.807) is 24.3 Å². The lowest BCUT2D eigenvalue weighted by atomic mass is 10.2. The van der Waals surface area contributed by atoms with Gasteiger partial charge in [0.2, 0.25) is 0 Å². The van der Waals surface area contributed by atoms with Crippen LogP contribution in [-0.4, -0.2) is 25.5 Å². The summed E-state index contributed by atoms with van der Waals surface area (Å²) in [6.45, 7) is 5.80. The van der Waals surface area contributed by atoms with Crippen LogP contribution in [0.15, 0.2) is 47.4 Å². The van der Waals surface area contributed by atoms with Crippen LogP contribution in [0, 0.1) is 6.92 Å². The van der Waals surface area contributed by atoms with Crippen LogP contribution in [-0.2, 0) is 10.0 Å². The van der Waals surface area contributed by atoms with Gasteiger partial charge in [-0.3, -0.25) is 4.72 Å². The maximum absolute atomic E-state index is 12.5. The fourth-order valence-electron chi connectivity index (χ4n) is 2.58. The molecular formula is C19H22N4O3S2. The summed E-state index contributed by atoms with van der Waals surface area (Å²) in [6, 6.07) is 11.5. The van der Waals surface area contributed by atoms with Crippen molar-refractivity contribution in [3.05, 3.63) is 48.0 Å². The molecule has 0 unspecified atom stereocenters. The molecule has 1 heterocycles. The standard InChI is InChI=1S/C19H22N4O3S2/c1-4-13(3)20-18(24)21-14-10-12(2)17-16(11-14)27-19(22-17)23-28(25,26)15-8-6-5-7-9-15/h5-11,13H,4H2,1-3H3,(H,22,23)(H2,20,21,24)/t13-/m0/s1. The number of aryl methyl sites for hydroxylation is 1. The fraction of sp³-hybridized carbons (Fsp3) is 0.263. The summed E-state index contributed by atoms with van der Waals surface area (Å²) in [5, 5.41) is 5.94. The number of carbonyl (C=O) groups is 1. The summed E-state index contributed by atoms with van der Waals surface area (Å²) in [7, 11) is -3.70. The quantitative estimate of drug-likeness (QED) is 0.555. The van der Waals surface area contributed by atoms with Crippen LogP contribution in [0.2, 0.25) is 0 Å². The molecule has 28 heavy (non-hydrogen) atoms. The van der Waals surface area contributed by atoms with Gasteiger partial charge >= 0.3 is 6.03 Å². The number of benzene rings is 2. The normalized spacial score (nSPS) is 12.5. The van der Waals surface area contributed by atoms with E-state index in [0.29, 0.717) is 11.2 Å². The largest absolute Gasteiger partial charge is 0.335 e. The molecule has 0 fully saturated rings. The summed E-state index contributed by atoms with van der Waals surface area (Å²) < 4.78 is 28.3. The van der Waals surface area contributed by atoms with Gasteiger partial charge in [0.05, 0.1) is 15.1 Å². The zero-order chi connectivity index (χ0) is 20.3. The molecule has 0 aliphatic rings. The summed E-state index contributed by atoms with van der Waals surface area (Å²) in [5.74, 6) is 0. The molecule has 2 amide bonds. The molecule has 0 bridgehead atoms. The fourth-order valence-corrected chi connectivity index (χ4v) is 4.82. The van der Waals surface area contributed by atoms with E-state index in [9.17, 15) is 13.2 Å². The highest BCUT2D eigenvalue weighted by molar-refractivity contribution is 7.93. The van der Waals surface area contributed by atoms with Crippen molar-refractivity contribution in [3.63, 3.8) is 0 Å². The van der Waals surface area contributed by atoms with Gasteiger partial charge in [-0.05, 0) is 50.1 Å². The molecule has 1 atom stereocenters. The molecule has 3 rings (SSSR count). The lowest BCUT2D eigenvalue weighted by Gasteiger charge is -2.12. The second-order valence-electron chi connectivity index (χ2n) is 6.49. The summed E-state index contributed by atoms with van der Waals surface area (Å²) in [6.07, 6.45) is 0.839. The van der Waals surface area contributed by atoms with Gasteiger partial charge in [0.25, 0.3) is 10.0 Å². The lowest BCUT2D eigenvalue weighted by Crippen LogP contribution is -2.35. The minimum absolute atomic E-state index is 0.0761. The number of hydrogen-bond donors (Lipinski definition) is 3. The summed E-state index contributed by atoms with van der Waals surface area (Å²) >= 11 is 1.22. The average molecular weight is 419 g/mol. The summed E-state index contributed by atoms with van der Waals surface area (Å²) in [4.78, 5) is 16.6. The molecule has 0 spiro atoms. The van der Waals surface area contributed by atoms with Crippen LogP contribution in [0.4, 0.5) is 15.6 Å². The highest BCUT2D eigenvalue weighted by atomic mass is 32.2. The van der Waals surface area contributed by atoms with Gasteiger partial charge in [-0.2, -0.15) is 0 Å². The Kier molecular flexibility index (Phi) is 5.85. The Bertz CT molecular complexity index is 1100. The Morgan fingerprint density at radius 3 is 2.61 bits per heavy atom. The Morgan fingerprint density at radius 2 is 1.93 bits per heavy atom. The van der Waals surface area contributed by atoms with E-state index in [2.05, 4.69) is 20.3 Å². The van der Waals surface area contributed by atoms with Crippen molar-refractivity contribution in [2.45, 2.75) is 38.1 Å². The van der Waals surface area contributed by atoms with Crippen LogP contribution in [0.5, 0.6) is 0 Å². The number of amides is 2. The number of nitrogens with zero attached hydrogens (tertiary/aromatic N) is 1. The lowest BCUT2D eigenvalue weighted by molar-refractivity contribution is 0.249. The van der Waals surface area contributed by atoms with Crippen LogP contribution in [0.25, 0.3) is 10.2 Å². The molecule has 7 nitrogen and oxygen atoms in total. The molecule has 0 aliphatic heterocycles. The number of nitrogens with one attached hydrogen (secondary N) is 3. The van der Waals surface area contributed by atoms with Crippen LogP contribution in [0.3, 0.4) is 0 Å². The monoisotopic (exact) mass is 418 g/mol. The number of fused-ring (bicyclic) bond motifs is 1. The number of urea groups is 1. The van der Waals surface area contributed by atoms with Crippen molar-refractivity contribution in [1.29, 1.82) is 0 Å². The number of thiazole rings is 1. The zero-order valence-corrected chi connectivity index (χ0v) is 17.4. The highest BCUT2D eigenvalue weighted by Crippen LogP contribution is 2.32. The van der Waals surface area contributed by atoms with Gasteiger partial charge in [0.15, 0.2) is 5.13 Å². The molecule has 9 heteroatoms. The first-order valence-corrected chi connectivity index (χ1v) is 11.1. The van der Waals surface area contributed by atoms with Crippen molar-refractivity contribution < 1.29 is 13.2 Å². The van der Waals surface area contributed by atoms with Crippen molar-refractivity contribution >= 4 is 48.4 Å². The molecule has 1 aromatic heterocycles. The van der Waals surface area contributed by atoms with Gasteiger partial charge in [-0.15, -0.1) is 0 Å². The van der Waals surface area contributed by atoms with E-state index in [1.807, 2.05) is 26.8 Å². The SMILES string of the molecule is CC[C@H](C)NC(=O)Nc1cc(C)c2nc(NS(=O)(=O)c3ccccc3)sc2c1. The Morgan fingerprint density at radius 1 is 1.21 bits per heavy atom. The summed E-state index contributed by atoms with van der Waals surface area (Å²) in [5.41, 5.74) is 2.17. The zero-order valence-electron chi connectivity index (χ0n) is 15.8. The van der Waals surface area contributed by atoms with Gasteiger partial charge in [-0.25, -0.2) is 18.2 Å². The van der Waals surface area contributed by atoms with E-state index < -0.39 is 10.0 Å². The van der Waals surface area contributed by atoms with Crippen molar-refractivity contribution in [2.75, 3.05) is 10.0 Å². The molecule has 0 saturated heterocycles. The molecule has 3 N–H and O–H groups in total. The molecule has 0 saturated carbocycles. The number of aromatic nitrogens is 1. The first-order chi connectivity index (χ1) is 13.3. The minimum atomic E-state index is -3.70. The van der Waals surface area contributed by atoms with E-state index >= 15 is 0 Å². The number of carbonyl (C=O) groups excluding carboxylic acids is 1. The molecular weight excluding hydrogens is 396 g/mol. The smallest absolute Gasteiger partial charge is 0.319 e. The predicted molar refractivity (Wildman–Crippen MR) is 114 cm³/mol. The van der Waals surface area contributed by atoms with Gasteiger partial charge in [0, 0.05) is 11.7 Å². The maximum atomic E-state index is 12.5. The minimum Gasteiger partial charge on any atom is -0.335 e. The third kappa shape index (κ3) is 4.60. The van der Waals surface area contributed by atoms with Crippen LogP contribution in [0.1, 0.15) is 25.8 Å². The second kappa shape index (κ2) is 8.15. The van der Waals surface area contributed by atoms with E-state index in [0.717, 1.165) is 16.7 Å². The number of rotatable bonds is 6. The molecule has 0 radical (unpaired) electrons. The van der Waals surface area contributed by atoms with Crippen LogP contribution < -0.4 is 15.4 Å². The van der Waals surface area contributed by atoms with Crippen molar-refractivity contribution in [2.24, 2.45) is 0 Å². The Balaban J connectivity index is 1.84. The Hall–Kier alpha value is -2.65. The van der Waals surface area contributed by atoms with E-state index in [4.69, 9.17) is 0 Å². The topological polar surface area (TPSA) is 100 Å². The van der Waals surface area contributed by atoms with E-state index in [1.165, 1.54) is 23.5 Å². The van der Waals surface area contributed by atoms with E-state index in [-0.39, 0.29) is 22.1 Å². The maximum Gasteiger partial charge on any atom is 0.319 e. The van der Waals surface area contributed by atoms with Gasteiger partial charge in [-0.1, -0.05) is 36.5 Å². The number of hydrogen-bond acceptors (Lipinski definition) is 5. The second-order valence-corrected chi connectivity index (χ2v) is 9.20. The van der Waals surface area contributed by atoms with Crippen LogP contribution >= 0.6 is 11.3 Å². The average Bonchev–Trinajstić information content (AvgIpc) is 3.04. The first-order valence-electron chi connectivity index (χ1n) is 8.85. The highest BCUT2D eigenvalue weighted by Gasteiger charge is 2.17. The third-order valence-electron chi connectivity index (χ3n) is 4.21. The van der Waals surface area contributed by atoms with Gasteiger partial charge < -0.3 is 10.6 Å².